The van der Waals surface area contributed by atoms with Gasteiger partial charge in [0.05, 0.1) is 37.7 Å². The Morgan fingerprint density at radius 1 is 1.00 bits per heavy atom. The lowest BCUT2D eigenvalue weighted by atomic mass is 10.1. The van der Waals surface area contributed by atoms with Gasteiger partial charge in [0.2, 0.25) is 5.91 Å². The normalized spacial score (nSPS) is 10.9. The van der Waals surface area contributed by atoms with Gasteiger partial charge in [-0.15, -0.1) is 0 Å². The van der Waals surface area contributed by atoms with E-state index in [0.717, 1.165) is 39.6 Å². The summed E-state index contributed by atoms with van der Waals surface area (Å²) < 4.78 is 17.9. The van der Waals surface area contributed by atoms with Crippen LogP contribution in [-0.2, 0) is 11.2 Å². The van der Waals surface area contributed by atoms with Gasteiger partial charge in [-0.2, -0.15) is 5.10 Å². The smallest absolute Gasteiger partial charge is 0.224 e. The number of para-hydroxylation sites is 1. The van der Waals surface area contributed by atoms with Crippen LogP contribution in [0.1, 0.15) is 23.4 Å². The van der Waals surface area contributed by atoms with Crippen molar-refractivity contribution in [3.05, 3.63) is 64.4 Å². The molecule has 2 heterocycles. The summed E-state index contributed by atoms with van der Waals surface area (Å²) in [5, 5.41) is 8.03. The Labute approximate surface area is 208 Å². The molecular weight excluding hydrogens is 468 g/mol. The van der Waals surface area contributed by atoms with Crippen LogP contribution in [-0.4, -0.2) is 41.8 Å². The summed E-state index contributed by atoms with van der Waals surface area (Å²) in [5.74, 6) is 1.52. The van der Waals surface area contributed by atoms with Crippen molar-refractivity contribution in [1.29, 1.82) is 0 Å². The van der Waals surface area contributed by atoms with Gasteiger partial charge in [0.15, 0.2) is 5.65 Å². The number of aryl methyl sites for hydroxylation is 2. The zero-order chi connectivity index (χ0) is 25.1. The molecule has 0 saturated heterocycles. The lowest BCUT2D eigenvalue weighted by molar-refractivity contribution is -0.116. The van der Waals surface area contributed by atoms with Gasteiger partial charge in [-0.05, 0) is 44.0 Å². The van der Waals surface area contributed by atoms with Crippen LogP contribution in [0.25, 0.3) is 16.9 Å². The zero-order valence-electron chi connectivity index (χ0n) is 20.3. The SMILES string of the molecule is COc1cc(OC)c(NC(=O)CCc2c(C)nc3cc(-c4ccccc4OC)nn3c2C)cc1Cl. The Morgan fingerprint density at radius 3 is 2.43 bits per heavy atom. The molecule has 9 heteroatoms. The zero-order valence-corrected chi connectivity index (χ0v) is 21.1. The number of carbonyl (C=O) groups is 1. The number of fused-ring (bicyclic) bond motifs is 1. The summed E-state index contributed by atoms with van der Waals surface area (Å²) in [6.45, 7) is 3.93. The van der Waals surface area contributed by atoms with Crippen molar-refractivity contribution in [3.63, 3.8) is 0 Å². The molecule has 0 fully saturated rings. The van der Waals surface area contributed by atoms with Crippen LogP contribution in [0.4, 0.5) is 5.69 Å². The van der Waals surface area contributed by atoms with Crippen molar-refractivity contribution in [2.24, 2.45) is 0 Å². The van der Waals surface area contributed by atoms with E-state index in [0.29, 0.717) is 28.6 Å². The Hall–Kier alpha value is -3.78. The van der Waals surface area contributed by atoms with E-state index in [4.69, 9.17) is 35.9 Å². The second-order valence-corrected chi connectivity index (χ2v) is 8.40. The molecule has 1 amide bonds. The number of benzene rings is 2. The summed E-state index contributed by atoms with van der Waals surface area (Å²) >= 11 is 6.22. The summed E-state index contributed by atoms with van der Waals surface area (Å²) in [5.41, 5.74) is 5.67. The number of methoxy groups -OCH3 is 3. The molecule has 0 aliphatic carbocycles. The van der Waals surface area contributed by atoms with Crippen LogP contribution in [0, 0.1) is 13.8 Å². The van der Waals surface area contributed by atoms with Crippen molar-refractivity contribution in [3.8, 4) is 28.5 Å². The fourth-order valence-corrected chi connectivity index (χ4v) is 4.33. The Bertz CT molecular complexity index is 1400. The van der Waals surface area contributed by atoms with Gasteiger partial charge in [0.25, 0.3) is 0 Å². The molecule has 2 aromatic carbocycles. The summed E-state index contributed by atoms with van der Waals surface area (Å²) in [6.07, 6.45) is 0.755. The van der Waals surface area contributed by atoms with Crippen LogP contribution in [0.5, 0.6) is 17.2 Å². The highest BCUT2D eigenvalue weighted by Crippen LogP contribution is 2.36. The molecule has 8 nitrogen and oxygen atoms in total. The molecular formula is C26H27ClN4O4. The first-order valence-corrected chi connectivity index (χ1v) is 11.4. The van der Waals surface area contributed by atoms with E-state index >= 15 is 0 Å². The molecule has 0 atom stereocenters. The van der Waals surface area contributed by atoms with Crippen molar-refractivity contribution in [2.75, 3.05) is 26.6 Å². The number of aromatic nitrogens is 3. The van der Waals surface area contributed by atoms with Gasteiger partial charge >= 0.3 is 0 Å². The highest BCUT2D eigenvalue weighted by Gasteiger charge is 2.17. The lowest BCUT2D eigenvalue weighted by Crippen LogP contribution is -2.15. The first kappa shape index (κ1) is 24.3. The standard InChI is InChI=1S/C26H27ClN4O4/c1-15-17(10-11-26(32)29-21-12-19(27)23(34-4)14-24(21)35-5)16(2)31-25(28-15)13-20(30-31)18-8-6-7-9-22(18)33-3/h6-9,12-14H,10-11H2,1-5H3,(H,29,32). The van der Waals surface area contributed by atoms with Crippen LogP contribution < -0.4 is 19.5 Å². The number of anilines is 1. The molecule has 0 aliphatic heterocycles. The summed E-state index contributed by atoms with van der Waals surface area (Å²) in [6, 6.07) is 12.9. The minimum atomic E-state index is -0.168. The molecule has 0 radical (unpaired) electrons. The molecule has 0 bridgehead atoms. The van der Waals surface area contributed by atoms with Crippen LogP contribution in [0.15, 0.2) is 42.5 Å². The maximum atomic E-state index is 12.8. The maximum Gasteiger partial charge on any atom is 0.224 e. The second kappa shape index (κ2) is 10.2. The lowest BCUT2D eigenvalue weighted by Gasteiger charge is -2.14. The van der Waals surface area contributed by atoms with Gasteiger partial charge in [0, 0.05) is 35.5 Å². The number of rotatable bonds is 8. The predicted octanol–water partition coefficient (Wildman–Crippen LogP) is 5.26. The third kappa shape index (κ3) is 4.88. The molecule has 0 aliphatic rings. The van der Waals surface area contributed by atoms with Gasteiger partial charge in [-0.25, -0.2) is 9.50 Å². The quantitative estimate of drug-likeness (QED) is 0.359. The second-order valence-electron chi connectivity index (χ2n) is 8.00. The van der Waals surface area contributed by atoms with Crippen LogP contribution >= 0.6 is 11.6 Å². The number of carbonyl (C=O) groups excluding carboxylic acids is 1. The number of nitrogens with one attached hydrogen (secondary N) is 1. The Morgan fingerprint density at radius 2 is 1.71 bits per heavy atom. The van der Waals surface area contributed by atoms with Crippen molar-refractivity contribution >= 4 is 28.8 Å². The number of halogens is 1. The van der Waals surface area contributed by atoms with Crippen LogP contribution in [0.2, 0.25) is 5.02 Å². The maximum absolute atomic E-state index is 12.8. The Kier molecular flexibility index (Phi) is 7.12. The van der Waals surface area contributed by atoms with Gasteiger partial charge in [-0.3, -0.25) is 4.79 Å². The molecule has 182 valence electrons. The minimum Gasteiger partial charge on any atom is -0.496 e. The fourth-order valence-electron chi connectivity index (χ4n) is 4.09. The number of ether oxygens (including phenoxy) is 3. The molecule has 2 aromatic heterocycles. The number of hydrogen-bond acceptors (Lipinski definition) is 6. The predicted molar refractivity (Wildman–Crippen MR) is 136 cm³/mol. The van der Waals surface area contributed by atoms with E-state index in [1.807, 2.05) is 48.7 Å². The van der Waals surface area contributed by atoms with Crippen LogP contribution in [0.3, 0.4) is 0 Å². The third-order valence-corrected chi connectivity index (χ3v) is 6.19. The summed E-state index contributed by atoms with van der Waals surface area (Å²) in [7, 11) is 4.68. The molecule has 0 spiro atoms. The van der Waals surface area contributed by atoms with Gasteiger partial charge in [0.1, 0.15) is 17.2 Å². The topological polar surface area (TPSA) is 87.0 Å². The molecule has 1 N–H and O–H groups in total. The third-order valence-electron chi connectivity index (χ3n) is 5.90. The number of amides is 1. The largest absolute Gasteiger partial charge is 0.496 e. The molecule has 0 unspecified atom stereocenters. The minimum absolute atomic E-state index is 0.168. The number of nitrogens with zero attached hydrogens (tertiary/aromatic N) is 3. The van der Waals surface area contributed by atoms with E-state index in [9.17, 15) is 4.79 Å². The first-order chi connectivity index (χ1) is 16.9. The molecule has 0 saturated carbocycles. The van der Waals surface area contributed by atoms with Crippen molar-refractivity contribution in [1.82, 2.24) is 14.6 Å². The van der Waals surface area contributed by atoms with E-state index in [-0.39, 0.29) is 12.3 Å². The highest BCUT2D eigenvalue weighted by atomic mass is 35.5. The van der Waals surface area contributed by atoms with E-state index in [1.54, 1.807) is 19.2 Å². The number of hydrogen-bond donors (Lipinski definition) is 1. The molecule has 35 heavy (non-hydrogen) atoms. The van der Waals surface area contributed by atoms with Gasteiger partial charge in [-0.1, -0.05) is 23.7 Å². The molecule has 4 rings (SSSR count). The average Bonchev–Trinajstić information content (AvgIpc) is 3.28. The van der Waals surface area contributed by atoms with Crippen molar-refractivity contribution in [2.45, 2.75) is 26.7 Å². The monoisotopic (exact) mass is 494 g/mol. The first-order valence-electron chi connectivity index (χ1n) is 11.1. The fraction of sp³-hybridized carbons (Fsp3) is 0.269. The molecule has 4 aromatic rings. The van der Waals surface area contributed by atoms with E-state index < -0.39 is 0 Å². The highest BCUT2D eigenvalue weighted by molar-refractivity contribution is 6.32. The average molecular weight is 495 g/mol. The van der Waals surface area contributed by atoms with E-state index in [1.165, 1.54) is 14.2 Å². The van der Waals surface area contributed by atoms with Crippen molar-refractivity contribution < 1.29 is 19.0 Å². The summed E-state index contributed by atoms with van der Waals surface area (Å²) in [4.78, 5) is 17.5. The Balaban J connectivity index is 1.56. The van der Waals surface area contributed by atoms with E-state index in [2.05, 4.69) is 5.32 Å². The van der Waals surface area contributed by atoms with Gasteiger partial charge < -0.3 is 19.5 Å².